The largest absolute Gasteiger partial charge is 0.475 e. The minimum Gasteiger partial charge on any atom is -0.456 e. The van der Waals surface area contributed by atoms with Crippen molar-refractivity contribution in [2.45, 2.75) is 129 Å². The molecule has 2 aromatic rings. The van der Waals surface area contributed by atoms with Crippen LogP contribution in [0.25, 0.3) is 0 Å². The van der Waals surface area contributed by atoms with E-state index in [1.165, 1.54) is 0 Å². The summed E-state index contributed by atoms with van der Waals surface area (Å²) in [6.07, 6.45) is -9.15. The van der Waals surface area contributed by atoms with Gasteiger partial charge in [0.2, 0.25) is 0 Å². The zero-order valence-electron chi connectivity index (χ0n) is 29.1. The number of benzene rings is 2. The summed E-state index contributed by atoms with van der Waals surface area (Å²) in [5.41, 5.74) is 1.24. The summed E-state index contributed by atoms with van der Waals surface area (Å²) in [4.78, 5) is 51.9. The van der Waals surface area contributed by atoms with Crippen molar-refractivity contribution in [3.8, 4) is 0 Å². The van der Waals surface area contributed by atoms with E-state index in [2.05, 4.69) is 0 Å². The second kappa shape index (κ2) is 20.9. The normalized spacial score (nSPS) is 21.9. The van der Waals surface area contributed by atoms with Gasteiger partial charge in [0.05, 0.1) is 13.2 Å². The van der Waals surface area contributed by atoms with Gasteiger partial charge in [-0.2, -0.15) is 0 Å². The van der Waals surface area contributed by atoms with Crippen LogP contribution < -0.4 is 0 Å². The first-order valence-corrected chi connectivity index (χ1v) is 18.6. The number of esters is 4. The first-order chi connectivity index (χ1) is 24.0. The molecule has 276 valence electrons. The summed E-state index contributed by atoms with van der Waals surface area (Å²) in [5.74, 6) is -3.02. The van der Waals surface area contributed by atoms with E-state index in [4.69, 9.17) is 32.5 Å². The molecule has 1 aliphatic rings. The molecule has 0 amide bonds. The Labute approximate surface area is 293 Å². The van der Waals surface area contributed by atoms with Crippen LogP contribution in [0.2, 0.25) is 0 Å². The molecule has 1 saturated carbocycles. The summed E-state index contributed by atoms with van der Waals surface area (Å²) in [7, 11) is -4.71. The molecule has 1 fully saturated rings. The molecule has 0 saturated heterocycles. The van der Waals surface area contributed by atoms with Gasteiger partial charge in [0.15, 0.2) is 24.4 Å². The average molecular weight is 721 g/mol. The SMILES string of the molecule is CCCC(=O)O[C@@H]1[C@@H](OP(=O)(OCc2ccccc2)OCc2ccccc2)[C@@H](OC(=O)CCC)[C@@H](O)[C@H](OC(=O)CCC)[C@H]1OC(=O)CCC. The lowest BCUT2D eigenvalue weighted by Crippen LogP contribution is -2.68. The van der Waals surface area contributed by atoms with Crippen LogP contribution in [0.3, 0.4) is 0 Å². The Morgan fingerprint density at radius 3 is 1.22 bits per heavy atom. The van der Waals surface area contributed by atoms with E-state index in [0.29, 0.717) is 36.8 Å². The Hall–Kier alpha value is -3.61. The van der Waals surface area contributed by atoms with Crippen molar-refractivity contribution < 1.29 is 61.4 Å². The van der Waals surface area contributed by atoms with Crippen LogP contribution in [0, 0.1) is 0 Å². The van der Waals surface area contributed by atoms with Crippen LogP contribution in [-0.2, 0) is 69.5 Å². The predicted octanol–water partition coefficient (Wildman–Crippen LogP) is 6.14. The van der Waals surface area contributed by atoms with Crippen molar-refractivity contribution in [3.63, 3.8) is 0 Å². The summed E-state index contributed by atoms with van der Waals surface area (Å²) in [6.45, 7) is 6.49. The number of phosphoric acid groups is 1. The smallest absolute Gasteiger partial charge is 0.456 e. The number of carbonyl (C=O) groups excluding carboxylic acids is 4. The van der Waals surface area contributed by atoms with Gasteiger partial charge in [0, 0.05) is 25.7 Å². The minimum absolute atomic E-state index is 0.0464. The maximum Gasteiger partial charge on any atom is 0.475 e. The van der Waals surface area contributed by atoms with E-state index in [0.717, 1.165) is 0 Å². The number of rotatable bonds is 20. The Balaban J connectivity index is 2.16. The summed E-state index contributed by atoms with van der Waals surface area (Å²) in [6, 6.07) is 17.5. The molecule has 14 heteroatoms. The monoisotopic (exact) mass is 720 g/mol. The first-order valence-electron chi connectivity index (χ1n) is 17.1. The first kappa shape index (κ1) is 40.8. The summed E-state index contributed by atoms with van der Waals surface area (Å²) in [5, 5.41) is 11.8. The molecule has 3 rings (SSSR count). The van der Waals surface area contributed by atoms with Crippen molar-refractivity contribution in [3.05, 3.63) is 71.8 Å². The van der Waals surface area contributed by atoms with Crippen LogP contribution in [-0.4, -0.2) is 65.6 Å². The molecule has 0 spiro atoms. The van der Waals surface area contributed by atoms with Crippen LogP contribution >= 0.6 is 7.82 Å². The molecular formula is C36H49O13P. The predicted molar refractivity (Wildman–Crippen MR) is 180 cm³/mol. The quantitative estimate of drug-likeness (QED) is 0.0942. The Bertz CT molecular complexity index is 1360. The van der Waals surface area contributed by atoms with E-state index in [1.807, 2.05) is 0 Å². The zero-order chi connectivity index (χ0) is 36.5. The molecule has 1 aliphatic carbocycles. The number of hydrogen-bond donors (Lipinski definition) is 1. The maximum atomic E-state index is 14.6. The highest BCUT2D eigenvalue weighted by atomic mass is 31.2. The van der Waals surface area contributed by atoms with Gasteiger partial charge in [-0.1, -0.05) is 88.4 Å². The standard InChI is InChI=1S/C36H49O13P/c1-5-15-27(37)45-32-31(41)33(46-28(38)16-6-2)36(35(48-30(40)18-8-4)34(32)47-29(39)17-7-3)49-50(42,43-23-25-19-11-9-12-20-25)44-24-26-21-13-10-14-22-26/h9-14,19-22,31-36,41H,5-8,15-18,23-24H2,1-4H3/t31-,32-,33-,34+,35-,36-/m0/s1. The van der Waals surface area contributed by atoms with Gasteiger partial charge in [-0.05, 0) is 36.8 Å². The van der Waals surface area contributed by atoms with Gasteiger partial charge in [-0.25, -0.2) is 4.57 Å². The highest BCUT2D eigenvalue weighted by Crippen LogP contribution is 2.54. The molecule has 0 bridgehead atoms. The number of phosphoric ester groups is 1. The molecule has 13 nitrogen and oxygen atoms in total. The third-order valence-corrected chi connectivity index (χ3v) is 8.96. The van der Waals surface area contributed by atoms with Crippen LogP contribution in [0.1, 0.15) is 90.2 Å². The van der Waals surface area contributed by atoms with Gasteiger partial charge in [-0.3, -0.25) is 32.7 Å². The second-order valence-corrected chi connectivity index (χ2v) is 13.5. The third-order valence-electron chi connectivity index (χ3n) is 7.57. The third kappa shape index (κ3) is 12.6. The number of carbonyl (C=O) groups is 4. The molecule has 50 heavy (non-hydrogen) atoms. The number of ether oxygens (including phenoxy) is 4. The Kier molecular flexibility index (Phi) is 17.1. The Morgan fingerprint density at radius 2 is 0.860 bits per heavy atom. The molecule has 0 radical (unpaired) electrons. The molecule has 2 aromatic carbocycles. The van der Waals surface area contributed by atoms with E-state index in [9.17, 15) is 28.8 Å². The fraction of sp³-hybridized carbons (Fsp3) is 0.556. The zero-order valence-corrected chi connectivity index (χ0v) is 30.0. The molecule has 0 aromatic heterocycles. The van der Waals surface area contributed by atoms with Crippen LogP contribution in [0.5, 0.6) is 0 Å². The number of aliphatic hydroxyl groups is 1. The Morgan fingerprint density at radius 1 is 0.540 bits per heavy atom. The second-order valence-electron chi connectivity index (χ2n) is 11.8. The van der Waals surface area contributed by atoms with Crippen molar-refractivity contribution in [1.82, 2.24) is 0 Å². The van der Waals surface area contributed by atoms with E-state index >= 15 is 0 Å². The molecule has 0 heterocycles. The molecule has 6 atom stereocenters. The lowest BCUT2D eigenvalue weighted by molar-refractivity contribution is -0.251. The van der Waals surface area contributed by atoms with E-state index in [1.54, 1.807) is 88.4 Å². The van der Waals surface area contributed by atoms with Crippen molar-refractivity contribution >= 4 is 31.7 Å². The van der Waals surface area contributed by atoms with Crippen molar-refractivity contribution in [2.75, 3.05) is 0 Å². The lowest BCUT2D eigenvalue weighted by Gasteiger charge is -2.46. The fourth-order valence-corrected chi connectivity index (χ4v) is 6.51. The maximum absolute atomic E-state index is 14.6. The molecule has 0 aliphatic heterocycles. The number of hydrogen-bond acceptors (Lipinski definition) is 13. The van der Waals surface area contributed by atoms with Gasteiger partial charge >= 0.3 is 31.7 Å². The molecule has 0 unspecified atom stereocenters. The van der Waals surface area contributed by atoms with Gasteiger partial charge in [-0.15, -0.1) is 0 Å². The van der Waals surface area contributed by atoms with Crippen molar-refractivity contribution in [1.29, 1.82) is 0 Å². The van der Waals surface area contributed by atoms with E-state index in [-0.39, 0.29) is 38.9 Å². The van der Waals surface area contributed by atoms with Crippen LogP contribution in [0.15, 0.2) is 60.7 Å². The minimum atomic E-state index is -4.71. The highest BCUT2D eigenvalue weighted by Gasteiger charge is 2.60. The van der Waals surface area contributed by atoms with Gasteiger partial charge in [0.1, 0.15) is 12.2 Å². The van der Waals surface area contributed by atoms with Crippen LogP contribution in [0.4, 0.5) is 0 Å². The molecule has 1 N–H and O–H groups in total. The fourth-order valence-electron chi connectivity index (χ4n) is 5.16. The summed E-state index contributed by atoms with van der Waals surface area (Å²) >= 11 is 0. The highest BCUT2D eigenvalue weighted by molar-refractivity contribution is 7.48. The summed E-state index contributed by atoms with van der Waals surface area (Å²) < 4.78 is 55.2. The topological polar surface area (TPSA) is 170 Å². The average Bonchev–Trinajstić information content (AvgIpc) is 3.09. The number of aliphatic hydroxyl groups excluding tert-OH is 1. The van der Waals surface area contributed by atoms with Gasteiger partial charge < -0.3 is 24.1 Å². The van der Waals surface area contributed by atoms with Crippen molar-refractivity contribution in [2.24, 2.45) is 0 Å². The van der Waals surface area contributed by atoms with E-state index < -0.39 is 68.3 Å². The lowest BCUT2D eigenvalue weighted by atomic mass is 9.84. The molecular weight excluding hydrogens is 671 g/mol. The van der Waals surface area contributed by atoms with Gasteiger partial charge in [0.25, 0.3) is 0 Å².